The molecule has 20 heavy (non-hydrogen) atoms. The highest BCUT2D eigenvalue weighted by Crippen LogP contribution is 2.28. The molecule has 2 rings (SSSR count). The highest BCUT2D eigenvalue weighted by atomic mass is 35.5. The Balaban J connectivity index is 2.37. The SMILES string of the molecule is COc1ccccc1N(C)C(=O)c1cc(N)nc(Cl)c1. The van der Waals surface area contributed by atoms with Crippen LogP contribution in [0.1, 0.15) is 10.4 Å². The van der Waals surface area contributed by atoms with Crippen molar-refractivity contribution in [2.75, 3.05) is 24.8 Å². The quantitative estimate of drug-likeness (QED) is 0.883. The lowest BCUT2D eigenvalue weighted by Gasteiger charge is -2.20. The molecule has 1 amide bonds. The van der Waals surface area contributed by atoms with E-state index < -0.39 is 0 Å². The van der Waals surface area contributed by atoms with E-state index in [1.165, 1.54) is 17.0 Å². The molecule has 0 radical (unpaired) electrons. The predicted molar refractivity (Wildman–Crippen MR) is 79.4 cm³/mol. The number of carbonyl (C=O) groups is 1. The zero-order valence-corrected chi connectivity index (χ0v) is 11.9. The summed E-state index contributed by atoms with van der Waals surface area (Å²) in [6.07, 6.45) is 0. The number of anilines is 2. The van der Waals surface area contributed by atoms with Gasteiger partial charge >= 0.3 is 0 Å². The number of hydrogen-bond acceptors (Lipinski definition) is 4. The van der Waals surface area contributed by atoms with E-state index >= 15 is 0 Å². The minimum Gasteiger partial charge on any atom is -0.495 e. The van der Waals surface area contributed by atoms with Crippen LogP contribution in [0.4, 0.5) is 11.5 Å². The maximum Gasteiger partial charge on any atom is 0.258 e. The van der Waals surface area contributed by atoms with Crippen molar-refractivity contribution >= 4 is 29.0 Å². The van der Waals surface area contributed by atoms with Crippen molar-refractivity contribution in [2.24, 2.45) is 0 Å². The summed E-state index contributed by atoms with van der Waals surface area (Å²) >= 11 is 5.82. The fourth-order valence-corrected chi connectivity index (χ4v) is 2.07. The van der Waals surface area contributed by atoms with Gasteiger partial charge in [0.1, 0.15) is 16.7 Å². The molecule has 5 nitrogen and oxygen atoms in total. The highest BCUT2D eigenvalue weighted by Gasteiger charge is 2.17. The molecular formula is C14H14ClN3O2. The largest absolute Gasteiger partial charge is 0.495 e. The van der Waals surface area contributed by atoms with Crippen molar-refractivity contribution in [3.05, 3.63) is 47.1 Å². The van der Waals surface area contributed by atoms with E-state index in [0.29, 0.717) is 17.0 Å². The Labute approximate surface area is 121 Å². The second-order valence-electron chi connectivity index (χ2n) is 4.14. The van der Waals surface area contributed by atoms with E-state index in [-0.39, 0.29) is 16.9 Å². The van der Waals surface area contributed by atoms with Crippen LogP contribution in [-0.4, -0.2) is 25.0 Å². The maximum atomic E-state index is 12.4. The lowest BCUT2D eigenvalue weighted by Crippen LogP contribution is -2.26. The molecule has 104 valence electrons. The number of amides is 1. The number of aromatic nitrogens is 1. The van der Waals surface area contributed by atoms with E-state index in [2.05, 4.69) is 4.98 Å². The molecule has 2 N–H and O–H groups in total. The van der Waals surface area contributed by atoms with Gasteiger partial charge in [-0.3, -0.25) is 4.79 Å². The summed E-state index contributed by atoms with van der Waals surface area (Å²) in [4.78, 5) is 17.8. The van der Waals surface area contributed by atoms with Gasteiger partial charge in [-0.25, -0.2) is 4.98 Å². The number of ether oxygens (including phenoxy) is 1. The summed E-state index contributed by atoms with van der Waals surface area (Å²) in [7, 11) is 3.21. The molecule has 2 aromatic rings. The number of pyridine rings is 1. The third-order valence-electron chi connectivity index (χ3n) is 2.81. The Morgan fingerprint density at radius 1 is 1.35 bits per heavy atom. The highest BCUT2D eigenvalue weighted by molar-refractivity contribution is 6.30. The number of benzene rings is 1. The van der Waals surface area contributed by atoms with Gasteiger partial charge in [-0.2, -0.15) is 0 Å². The molecule has 6 heteroatoms. The summed E-state index contributed by atoms with van der Waals surface area (Å²) in [6, 6.07) is 10.2. The van der Waals surface area contributed by atoms with Crippen LogP contribution in [-0.2, 0) is 0 Å². The Hall–Kier alpha value is -2.27. The second kappa shape index (κ2) is 5.79. The zero-order valence-electron chi connectivity index (χ0n) is 11.1. The Morgan fingerprint density at radius 2 is 2.05 bits per heavy atom. The summed E-state index contributed by atoms with van der Waals surface area (Å²) in [6.45, 7) is 0. The van der Waals surface area contributed by atoms with E-state index in [4.69, 9.17) is 22.1 Å². The number of carbonyl (C=O) groups excluding carboxylic acids is 1. The van der Waals surface area contributed by atoms with Crippen LogP contribution < -0.4 is 15.4 Å². The van der Waals surface area contributed by atoms with Crippen LogP contribution in [0.5, 0.6) is 5.75 Å². The first kappa shape index (κ1) is 14.1. The molecule has 0 saturated carbocycles. The predicted octanol–water partition coefficient (Wildman–Crippen LogP) is 2.60. The van der Waals surface area contributed by atoms with Crippen LogP contribution in [0.15, 0.2) is 36.4 Å². The summed E-state index contributed by atoms with van der Waals surface area (Å²) in [5, 5.41) is 0.182. The fraction of sp³-hybridized carbons (Fsp3) is 0.143. The van der Waals surface area contributed by atoms with Gasteiger partial charge in [-0.1, -0.05) is 23.7 Å². The van der Waals surface area contributed by atoms with Crippen LogP contribution in [0.25, 0.3) is 0 Å². The smallest absolute Gasteiger partial charge is 0.258 e. The average molecular weight is 292 g/mol. The first-order valence-electron chi connectivity index (χ1n) is 5.87. The maximum absolute atomic E-state index is 12.4. The van der Waals surface area contributed by atoms with Gasteiger partial charge in [0.25, 0.3) is 5.91 Å². The molecule has 0 atom stereocenters. The first-order valence-corrected chi connectivity index (χ1v) is 6.25. The van der Waals surface area contributed by atoms with Crippen molar-refractivity contribution in [3.63, 3.8) is 0 Å². The molecule has 0 aliphatic heterocycles. The third kappa shape index (κ3) is 2.83. The van der Waals surface area contributed by atoms with Gasteiger partial charge in [-0.15, -0.1) is 0 Å². The van der Waals surface area contributed by atoms with E-state index in [1.54, 1.807) is 26.3 Å². The third-order valence-corrected chi connectivity index (χ3v) is 3.01. The molecule has 1 aromatic heterocycles. The molecule has 0 aliphatic rings. The number of halogens is 1. The molecule has 1 aromatic carbocycles. The molecular weight excluding hydrogens is 278 g/mol. The Kier molecular flexibility index (Phi) is 4.10. The van der Waals surface area contributed by atoms with Crippen molar-refractivity contribution in [3.8, 4) is 5.75 Å². The normalized spacial score (nSPS) is 10.2. The molecule has 0 aliphatic carbocycles. The number of hydrogen-bond donors (Lipinski definition) is 1. The fourth-order valence-electron chi connectivity index (χ4n) is 1.85. The lowest BCUT2D eigenvalue weighted by atomic mass is 10.2. The van der Waals surface area contributed by atoms with E-state index in [9.17, 15) is 4.79 Å². The summed E-state index contributed by atoms with van der Waals surface area (Å²) < 4.78 is 5.24. The van der Waals surface area contributed by atoms with Crippen LogP contribution in [0.2, 0.25) is 5.15 Å². The topological polar surface area (TPSA) is 68.5 Å². The minimum atomic E-state index is -0.245. The van der Waals surface area contributed by atoms with Crippen LogP contribution in [0, 0.1) is 0 Å². The van der Waals surface area contributed by atoms with Crippen LogP contribution >= 0.6 is 11.6 Å². The molecule has 0 spiro atoms. The number of rotatable bonds is 3. The standard InChI is InChI=1S/C14H14ClN3O2/c1-18(10-5-3-4-6-11(10)20-2)14(19)9-7-12(15)17-13(16)8-9/h3-8H,1-2H3,(H2,16,17). The summed E-state index contributed by atoms with van der Waals surface area (Å²) in [5.41, 5.74) is 6.63. The lowest BCUT2D eigenvalue weighted by molar-refractivity contribution is 0.0992. The zero-order chi connectivity index (χ0) is 14.7. The molecule has 0 fully saturated rings. The van der Waals surface area contributed by atoms with Crippen molar-refractivity contribution < 1.29 is 9.53 Å². The van der Waals surface area contributed by atoms with Gasteiger partial charge in [0.15, 0.2) is 0 Å². The number of nitrogens with zero attached hydrogens (tertiary/aromatic N) is 2. The second-order valence-corrected chi connectivity index (χ2v) is 4.53. The molecule has 0 bridgehead atoms. The van der Waals surface area contributed by atoms with E-state index in [1.807, 2.05) is 12.1 Å². The van der Waals surface area contributed by atoms with Crippen molar-refractivity contribution in [1.29, 1.82) is 0 Å². The molecule has 1 heterocycles. The number of methoxy groups -OCH3 is 1. The van der Waals surface area contributed by atoms with E-state index in [0.717, 1.165) is 0 Å². The van der Waals surface area contributed by atoms with Crippen molar-refractivity contribution in [2.45, 2.75) is 0 Å². The molecule has 0 saturated heterocycles. The van der Waals surface area contributed by atoms with Gasteiger partial charge in [0.05, 0.1) is 12.8 Å². The van der Waals surface area contributed by atoms with Crippen LogP contribution in [0.3, 0.4) is 0 Å². The van der Waals surface area contributed by atoms with Gasteiger partial charge in [0.2, 0.25) is 0 Å². The monoisotopic (exact) mass is 291 g/mol. The van der Waals surface area contributed by atoms with Gasteiger partial charge < -0.3 is 15.4 Å². The Bertz CT molecular complexity index is 626. The summed E-state index contributed by atoms with van der Waals surface area (Å²) in [5.74, 6) is 0.566. The number of para-hydroxylation sites is 2. The minimum absolute atomic E-state index is 0.182. The Morgan fingerprint density at radius 3 is 2.70 bits per heavy atom. The molecule has 0 unspecified atom stereocenters. The van der Waals surface area contributed by atoms with Gasteiger partial charge in [-0.05, 0) is 24.3 Å². The first-order chi connectivity index (χ1) is 9.52. The van der Waals surface area contributed by atoms with Crippen molar-refractivity contribution in [1.82, 2.24) is 4.98 Å². The van der Waals surface area contributed by atoms with Gasteiger partial charge in [0, 0.05) is 12.6 Å². The number of nitrogens with two attached hydrogens (primary N) is 1. The number of nitrogen functional groups attached to an aromatic ring is 1. The average Bonchev–Trinajstić information content (AvgIpc) is 2.44.